The van der Waals surface area contributed by atoms with Gasteiger partial charge in [-0.25, -0.2) is 9.69 Å². The first kappa shape index (κ1) is 20.6. The number of nitrogens with zero attached hydrogens (tertiary/aromatic N) is 1. The van der Waals surface area contributed by atoms with E-state index in [0.717, 1.165) is 0 Å². The summed E-state index contributed by atoms with van der Waals surface area (Å²) in [6, 6.07) is 3.15. The Morgan fingerprint density at radius 1 is 1.26 bits per heavy atom. The molecule has 27 heavy (non-hydrogen) atoms. The Morgan fingerprint density at radius 3 is 2.30 bits per heavy atom. The second kappa shape index (κ2) is 8.79. The van der Waals surface area contributed by atoms with Gasteiger partial charge in [0.2, 0.25) is 11.7 Å². The van der Waals surface area contributed by atoms with Crippen molar-refractivity contribution in [3.8, 4) is 17.2 Å². The molecule has 1 aliphatic rings. The summed E-state index contributed by atoms with van der Waals surface area (Å²) in [5.41, 5.74) is 0.650. The molecule has 0 bridgehead atoms. The van der Waals surface area contributed by atoms with Crippen LogP contribution in [0.1, 0.15) is 31.7 Å². The van der Waals surface area contributed by atoms with Gasteiger partial charge in [-0.15, -0.1) is 6.58 Å². The third kappa shape index (κ3) is 4.02. The lowest BCUT2D eigenvalue weighted by Gasteiger charge is -2.27. The number of imide groups is 1. The van der Waals surface area contributed by atoms with Crippen LogP contribution in [0.4, 0.5) is 4.79 Å². The van der Waals surface area contributed by atoms with Crippen LogP contribution in [0.5, 0.6) is 17.2 Å². The Kier molecular flexibility index (Phi) is 6.71. The summed E-state index contributed by atoms with van der Waals surface area (Å²) < 4.78 is 21.2. The molecule has 1 fully saturated rings. The third-order valence-corrected chi connectivity index (χ3v) is 4.70. The predicted octanol–water partition coefficient (Wildman–Crippen LogP) is 3.38. The lowest BCUT2D eigenvalue weighted by Crippen LogP contribution is -2.44. The number of rotatable bonds is 8. The first-order valence-electron chi connectivity index (χ1n) is 8.80. The zero-order chi connectivity index (χ0) is 20.1. The number of carbonyl (C=O) groups is 2. The molecule has 7 nitrogen and oxygen atoms in total. The van der Waals surface area contributed by atoms with E-state index in [1.165, 1.54) is 26.2 Å². The number of benzene rings is 1. The third-order valence-electron chi connectivity index (χ3n) is 4.70. The normalized spacial score (nSPS) is 17.5. The van der Waals surface area contributed by atoms with Crippen LogP contribution in [-0.2, 0) is 9.53 Å². The van der Waals surface area contributed by atoms with Gasteiger partial charge in [0.25, 0.3) is 0 Å². The van der Waals surface area contributed by atoms with Crippen molar-refractivity contribution < 1.29 is 28.5 Å². The molecule has 0 unspecified atom stereocenters. The molecule has 1 saturated heterocycles. The second-order valence-electron chi connectivity index (χ2n) is 6.63. The lowest BCUT2D eigenvalue weighted by molar-refractivity contribution is -0.131. The number of carbonyl (C=O) groups excluding carboxylic acids is 2. The van der Waals surface area contributed by atoms with Crippen LogP contribution in [0.25, 0.3) is 0 Å². The standard InChI is InChI=1S/C20H27NO6/c1-7-8-14(19(22)21-15(12(2)3)11-27-20(21)23)13-9-16(24-4)18(26-6)17(10-13)25-5/h7,9-10,12,14-15H,1,8,11H2,2-6H3/t14-,15+/m0/s1. The SMILES string of the molecule is C=CC[C@H](C(=O)N1C(=O)OC[C@@H]1C(C)C)c1cc(OC)c(OC)c(OC)c1. The van der Waals surface area contributed by atoms with Gasteiger partial charge in [-0.1, -0.05) is 19.9 Å². The fraction of sp³-hybridized carbons (Fsp3) is 0.500. The van der Waals surface area contributed by atoms with E-state index in [0.29, 0.717) is 29.2 Å². The Bertz CT molecular complexity index is 689. The molecule has 1 aromatic rings. The largest absolute Gasteiger partial charge is 0.493 e. The summed E-state index contributed by atoms with van der Waals surface area (Å²) in [5, 5.41) is 0. The van der Waals surface area contributed by atoms with Crippen LogP contribution < -0.4 is 14.2 Å². The van der Waals surface area contributed by atoms with Gasteiger partial charge in [-0.05, 0) is 30.0 Å². The van der Waals surface area contributed by atoms with Crippen molar-refractivity contribution in [1.82, 2.24) is 4.90 Å². The van der Waals surface area contributed by atoms with Gasteiger partial charge < -0.3 is 18.9 Å². The van der Waals surface area contributed by atoms with Crippen LogP contribution in [0.15, 0.2) is 24.8 Å². The molecule has 0 radical (unpaired) electrons. The van der Waals surface area contributed by atoms with Crippen molar-refractivity contribution in [2.45, 2.75) is 32.2 Å². The van der Waals surface area contributed by atoms with Crippen LogP contribution in [0, 0.1) is 5.92 Å². The number of hydrogen-bond donors (Lipinski definition) is 0. The minimum atomic E-state index is -0.622. The Morgan fingerprint density at radius 2 is 1.85 bits per heavy atom. The van der Waals surface area contributed by atoms with Crippen molar-refractivity contribution in [3.05, 3.63) is 30.4 Å². The van der Waals surface area contributed by atoms with Gasteiger partial charge in [0.1, 0.15) is 6.61 Å². The number of cyclic esters (lactones) is 1. The highest BCUT2D eigenvalue weighted by Crippen LogP contribution is 2.41. The first-order chi connectivity index (χ1) is 12.9. The molecule has 0 aliphatic carbocycles. The highest BCUT2D eigenvalue weighted by atomic mass is 16.6. The van der Waals surface area contributed by atoms with Crippen LogP contribution in [0.3, 0.4) is 0 Å². The summed E-state index contributed by atoms with van der Waals surface area (Å²) in [5.74, 6) is 0.462. The topological polar surface area (TPSA) is 74.3 Å². The Hall–Kier alpha value is -2.70. The summed E-state index contributed by atoms with van der Waals surface area (Å²) in [7, 11) is 4.54. The van der Waals surface area contributed by atoms with E-state index in [-0.39, 0.29) is 24.5 Å². The van der Waals surface area contributed by atoms with Crippen molar-refractivity contribution in [2.24, 2.45) is 5.92 Å². The molecule has 2 atom stereocenters. The zero-order valence-corrected chi connectivity index (χ0v) is 16.5. The lowest BCUT2D eigenvalue weighted by atomic mass is 9.92. The van der Waals surface area contributed by atoms with Gasteiger partial charge in [0.15, 0.2) is 11.5 Å². The molecular formula is C20H27NO6. The fourth-order valence-corrected chi connectivity index (χ4v) is 3.20. The van der Waals surface area contributed by atoms with Gasteiger partial charge in [0, 0.05) is 0 Å². The van der Waals surface area contributed by atoms with Crippen LogP contribution in [-0.4, -0.2) is 50.9 Å². The molecular weight excluding hydrogens is 350 g/mol. The number of methoxy groups -OCH3 is 3. The molecule has 2 amide bonds. The molecule has 1 heterocycles. The summed E-state index contributed by atoms with van der Waals surface area (Å²) >= 11 is 0. The van der Waals surface area contributed by atoms with Gasteiger partial charge in [-0.2, -0.15) is 0 Å². The number of ether oxygens (including phenoxy) is 4. The maximum atomic E-state index is 13.3. The average Bonchev–Trinajstić information content (AvgIpc) is 3.06. The molecule has 1 aliphatic heterocycles. The quantitative estimate of drug-likeness (QED) is 0.647. The molecule has 1 aromatic carbocycles. The highest BCUT2D eigenvalue weighted by molar-refractivity contribution is 5.97. The Labute approximate surface area is 159 Å². The van der Waals surface area contributed by atoms with Gasteiger partial charge in [0.05, 0.1) is 33.3 Å². The van der Waals surface area contributed by atoms with E-state index < -0.39 is 12.0 Å². The van der Waals surface area contributed by atoms with Crippen molar-refractivity contribution in [2.75, 3.05) is 27.9 Å². The van der Waals surface area contributed by atoms with E-state index in [2.05, 4.69) is 6.58 Å². The van der Waals surface area contributed by atoms with E-state index in [1.54, 1.807) is 18.2 Å². The maximum Gasteiger partial charge on any atom is 0.417 e. The predicted molar refractivity (Wildman–Crippen MR) is 100 cm³/mol. The average molecular weight is 377 g/mol. The van der Waals surface area contributed by atoms with Crippen molar-refractivity contribution in [3.63, 3.8) is 0 Å². The van der Waals surface area contributed by atoms with E-state index in [1.807, 2.05) is 13.8 Å². The van der Waals surface area contributed by atoms with Crippen molar-refractivity contribution in [1.29, 1.82) is 0 Å². The minimum Gasteiger partial charge on any atom is -0.493 e. The number of allylic oxidation sites excluding steroid dienone is 1. The van der Waals surface area contributed by atoms with Crippen LogP contribution in [0.2, 0.25) is 0 Å². The number of amides is 2. The summed E-state index contributed by atoms with van der Waals surface area (Å²) in [4.78, 5) is 26.7. The molecule has 148 valence electrons. The van der Waals surface area contributed by atoms with Gasteiger partial charge >= 0.3 is 6.09 Å². The highest BCUT2D eigenvalue weighted by Gasteiger charge is 2.42. The summed E-state index contributed by atoms with van der Waals surface area (Å²) in [6.07, 6.45) is 1.39. The van der Waals surface area contributed by atoms with Crippen molar-refractivity contribution >= 4 is 12.0 Å². The smallest absolute Gasteiger partial charge is 0.417 e. The molecule has 0 aromatic heterocycles. The van der Waals surface area contributed by atoms with Crippen LogP contribution >= 0.6 is 0 Å². The molecule has 2 rings (SSSR count). The summed E-state index contributed by atoms with van der Waals surface area (Å²) in [6.45, 7) is 7.87. The minimum absolute atomic E-state index is 0.0877. The first-order valence-corrected chi connectivity index (χ1v) is 8.80. The van der Waals surface area contributed by atoms with E-state index in [4.69, 9.17) is 18.9 Å². The molecule has 0 N–H and O–H groups in total. The molecule has 0 saturated carbocycles. The zero-order valence-electron chi connectivity index (χ0n) is 16.5. The monoisotopic (exact) mass is 377 g/mol. The fourth-order valence-electron chi connectivity index (χ4n) is 3.20. The Balaban J connectivity index is 2.49. The molecule has 7 heteroatoms. The van der Waals surface area contributed by atoms with Gasteiger partial charge in [-0.3, -0.25) is 4.79 Å². The van der Waals surface area contributed by atoms with E-state index in [9.17, 15) is 9.59 Å². The maximum absolute atomic E-state index is 13.3. The molecule has 0 spiro atoms. The second-order valence-corrected chi connectivity index (χ2v) is 6.63. The van der Waals surface area contributed by atoms with E-state index >= 15 is 0 Å². The number of hydrogen-bond acceptors (Lipinski definition) is 6.